The summed E-state index contributed by atoms with van der Waals surface area (Å²) < 4.78 is 5.02. The van der Waals surface area contributed by atoms with E-state index in [-0.39, 0.29) is 11.4 Å². The first kappa shape index (κ1) is 15.3. The molecule has 0 saturated heterocycles. The van der Waals surface area contributed by atoms with Crippen LogP contribution < -0.4 is 10.2 Å². The van der Waals surface area contributed by atoms with E-state index in [1.165, 1.54) is 25.3 Å². The smallest absolute Gasteiger partial charge is 0.271 e. The van der Waals surface area contributed by atoms with Crippen molar-refractivity contribution >= 4 is 17.1 Å². The first-order valence-electron chi connectivity index (χ1n) is 6.43. The molecule has 0 aliphatic rings. The van der Waals surface area contributed by atoms with Crippen LogP contribution in [0.1, 0.15) is 12.5 Å². The van der Waals surface area contributed by atoms with Gasteiger partial charge in [0.2, 0.25) is 0 Å². The van der Waals surface area contributed by atoms with Crippen molar-refractivity contribution in [3.05, 3.63) is 58.1 Å². The van der Waals surface area contributed by atoms with Gasteiger partial charge in [0.25, 0.3) is 5.69 Å². The Labute approximate surface area is 127 Å². The van der Waals surface area contributed by atoms with Crippen molar-refractivity contribution in [2.45, 2.75) is 6.92 Å². The second kappa shape index (κ2) is 6.57. The summed E-state index contributed by atoms with van der Waals surface area (Å²) in [5, 5.41) is 24.8. The molecule has 0 amide bonds. The number of anilines is 1. The van der Waals surface area contributed by atoms with Crippen LogP contribution in [0.2, 0.25) is 0 Å². The molecule has 0 saturated carbocycles. The molecule has 0 bridgehead atoms. The highest BCUT2D eigenvalue weighted by atomic mass is 16.6. The fraction of sp³-hybridized carbons (Fsp3) is 0.133. The lowest BCUT2D eigenvalue weighted by Crippen LogP contribution is -2.01. The van der Waals surface area contributed by atoms with E-state index in [0.29, 0.717) is 22.7 Å². The fourth-order valence-electron chi connectivity index (χ4n) is 1.84. The molecule has 0 fully saturated rings. The van der Waals surface area contributed by atoms with Gasteiger partial charge in [0, 0.05) is 23.8 Å². The normalized spacial score (nSPS) is 11.1. The number of non-ortho nitro benzene ring substituents is 1. The molecule has 2 rings (SSSR count). The van der Waals surface area contributed by atoms with E-state index in [4.69, 9.17) is 4.74 Å². The summed E-state index contributed by atoms with van der Waals surface area (Å²) in [6, 6.07) is 10.9. The Balaban J connectivity index is 2.19. The number of hydrogen-bond acceptors (Lipinski definition) is 6. The van der Waals surface area contributed by atoms with Crippen molar-refractivity contribution in [3.8, 4) is 11.5 Å². The number of phenols is 1. The second-order valence-electron chi connectivity index (χ2n) is 4.50. The molecule has 0 atom stereocenters. The van der Waals surface area contributed by atoms with Gasteiger partial charge < -0.3 is 9.84 Å². The van der Waals surface area contributed by atoms with Gasteiger partial charge in [-0.15, -0.1) is 0 Å². The summed E-state index contributed by atoms with van der Waals surface area (Å²) in [6.45, 7) is 1.71. The Kier molecular flexibility index (Phi) is 4.57. The third-order valence-electron chi connectivity index (χ3n) is 3.00. The van der Waals surface area contributed by atoms with Gasteiger partial charge in [-0.05, 0) is 25.1 Å². The largest absolute Gasteiger partial charge is 0.507 e. The molecule has 0 heterocycles. The highest BCUT2D eigenvalue weighted by Crippen LogP contribution is 2.24. The molecule has 2 aromatic rings. The van der Waals surface area contributed by atoms with Crippen molar-refractivity contribution in [1.29, 1.82) is 0 Å². The average molecular weight is 301 g/mol. The molecule has 2 N–H and O–H groups in total. The monoisotopic (exact) mass is 301 g/mol. The third-order valence-corrected chi connectivity index (χ3v) is 3.00. The number of phenolic OH excluding ortho intramolecular Hbond substituents is 1. The zero-order valence-corrected chi connectivity index (χ0v) is 12.1. The minimum atomic E-state index is -0.475. The number of nitro groups is 1. The minimum absolute atomic E-state index is 0.0230. The number of ether oxygens (including phenoxy) is 1. The Bertz CT molecular complexity index is 728. The number of nitrogens with zero attached hydrogens (tertiary/aromatic N) is 2. The molecule has 0 aliphatic heterocycles. The van der Waals surface area contributed by atoms with E-state index in [2.05, 4.69) is 10.5 Å². The summed E-state index contributed by atoms with van der Waals surface area (Å²) in [4.78, 5) is 10.2. The van der Waals surface area contributed by atoms with E-state index >= 15 is 0 Å². The van der Waals surface area contributed by atoms with Crippen molar-refractivity contribution in [1.82, 2.24) is 0 Å². The zero-order valence-electron chi connectivity index (χ0n) is 12.1. The Morgan fingerprint density at radius 3 is 2.73 bits per heavy atom. The van der Waals surface area contributed by atoms with E-state index in [0.717, 1.165) is 0 Å². The summed E-state index contributed by atoms with van der Waals surface area (Å²) in [5.74, 6) is 0.585. The molecule has 7 heteroatoms. The SMILES string of the molecule is COc1ccc(C(C)=NNc2cccc([N+](=O)[O-])c2)c(O)c1. The molecular formula is C15H15N3O4. The standard InChI is InChI=1S/C15H15N3O4/c1-10(14-7-6-13(22-2)9-15(14)19)16-17-11-4-3-5-12(8-11)18(20)21/h3-9,17,19H,1-2H3. The summed E-state index contributed by atoms with van der Waals surface area (Å²) in [7, 11) is 1.51. The minimum Gasteiger partial charge on any atom is -0.507 e. The lowest BCUT2D eigenvalue weighted by molar-refractivity contribution is -0.384. The first-order valence-corrected chi connectivity index (χ1v) is 6.43. The highest BCUT2D eigenvalue weighted by molar-refractivity contribution is 6.01. The molecule has 0 aliphatic carbocycles. The molecule has 2 aromatic carbocycles. The topological polar surface area (TPSA) is 97.0 Å². The molecule has 7 nitrogen and oxygen atoms in total. The predicted octanol–water partition coefficient (Wildman–Crippen LogP) is 3.15. The Hall–Kier alpha value is -3.09. The van der Waals surface area contributed by atoms with Crippen molar-refractivity contribution in [2.24, 2.45) is 5.10 Å². The Morgan fingerprint density at radius 1 is 1.32 bits per heavy atom. The van der Waals surface area contributed by atoms with Gasteiger partial charge in [0.15, 0.2) is 0 Å². The number of rotatable bonds is 5. The van der Waals surface area contributed by atoms with Gasteiger partial charge in [0.05, 0.1) is 23.4 Å². The average Bonchev–Trinajstić information content (AvgIpc) is 2.52. The van der Waals surface area contributed by atoms with Crippen LogP contribution in [0, 0.1) is 10.1 Å². The van der Waals surface area contributed by atoms with Gasteiger partial charge in [-0.1, -0.05) is 6.07 Å². The highest BCUT2D eigenvalue weighted by Gasteiger charge is 2.07. The van der Waals surface area contributed by atoms with Crippen LogP contribution in [-0.2, 0) is 0 Å². The predicted molar refractivity (Wildman–Crippen MR) is 83.6 cm³/mol. The maximum atomic E-state index is 10.7. The molecule has 0 radical (unpaired) electrons. The molecule has 114 valence electrons. The number of hydrazone groups is 1. The Morgan fingerprint density at radius 2 is 2.09 bits per heavy atom. The van der Waals surface area contributed by atoms with Crippen LogP contribution in [0.15, 0.2) is 47.6 Å². The quantitative estimate of drug-likeness (QED) is 0.502. The van der Waals surface area contributed by atoms with Crippen molar-refractivity contribution in [2.75, 3.05) is 12.5 Å². The molecule has 0 spiro atoms. The summed E-state index contributed by atoms with van der Waals surface area (Å²) >= 11 is 0. The third kappa shape index (κ3) is 3.51. The van der Waals surface area contributed by atoms with Crippen LogP contribution >= 0.6 is 0 Å². The maximum absolute atomic E-state index is 10.7. The van der Waals surface area contributed by atoms with Gasteiger partial charge in [0.1, 0.15) is 11.5 Å². The lowest BCUT2D eigenvalue weighted by atomic mass is 10.1. The van der Waals surface area contributed by atoms with Crippen LogP contribution in [0.25, 0.3) is 0 Å². The number of nitro benzene ring substituents is 1. The van der Waals surface area contributed by atoms with E-state index in [9.17, 15) is 15.2 Å². The van der Waals surface area contributed by atoms with Gasteiger partial charge in [-0.3, -0.25) is 15.5 Å². The number of benzene rings is 2. The van der Waals surface area contributed by atoms with Crippen LogP contribution in [0.4, 0.5) is 11.4 Å². The van der Waals surface area contributed by atoms with Gasteiger partial charge >= 0.3 is 0 Å². The van der Waals surface area contributed by atoms with E-state index in [1.54, 1.807) is 31.2 Å². The molecule has 0 unspecified atom stereocenters. The zero-order chi connectivity index (χ0) is 16.1. The fourth-order valence-corrected chi connectivity index (χ4v) is 1.84. The van der Waals surface area contributed by atoms with E-state index in [1.807, 2.05) is 0 Å². The molecule has 0 aromatic heterocycles. The van der Waals surface area contributed by atoms with E-state index < -0.39 is 4.92 Å². The second-order valence-corrected chi connectivity index (χ2v) is 4.50. The first-order chi connectivity index (χ1) is 10.5. The van der Waals surface area contributed by atoms with Crippen molar-refractivity contribution in [3.63, 3.8) is 0 Å². The van der Waals surface area contributed by atoms with Crippen LogP contribution in [0.5, 0.6) is 11.5 Å². The number of methoxy groups -OCH3 is 1. The van der Waals surface area contributed by atoms with Gasteiger partial charge in [-0.25, -0.2) is 0 Å². The summed E-state index contributed by atoms with van der Waals surface area (Å²) in [6.07, 6.45) is 0. The number of nitrogens with one attached hydrogen (secondary N) is 1. The maximum Gasteiger partial charge on any atom is 0.271 e. The molecular weight excluding hydrogens is 286 g/mol. The lowest BCUT2D eigenvalue weighted by Gasteiger charge is -2.07. The van der Waals surface area contributed by atoms with Crippen LogP contribution in [-0.4, -0.2) is 22.9 Å². The van der Waals surface area contributed by atoms with Crippen molar-refractivity contribution < 1.29 is 14.8 Å². The summed E-state index contributed by atoms with van der Waals surface area (Å²) in [5.41, 5.74) is 4.27. The molecule has 22 heavy (non-hydrogen) atoms. The van der Waals surface area contributed by atoms with Gasteiger partial charge in [-0.2, -0.15) is 5.10 Å². The van der Waals surface area contributed by atoms with Crippen LogP contribution in [0.3, 0.4) is 0 Å². The number of hydrogen-bond donors (Lipinski definition) is 2. The number of aromatic hydroxyl groups is 1.